The lowest BCUT2D eigenvalue weighted by molar-refractivity contribution is -0.384. The molecule has 0 fully saturated rings. The van der Waals surface area contributed by atoms with Crippen LogP contribution >= 0.6 is 0 Å². The molecule has 1 aromatic rings. The van der Waals surface area contributed by atoms with Crippen molar-refractivity contribution in [1.82, 2.24) is 0 Å². The van der Waals surface area contributed by atoms with Gasteiger partial charge in [0.1, 0.15) is 11.4 Å². The van der Waals surface area contributed by atoms with Gasteiger partial charge in [-0.25, -0.2) is 0 Å². The molecule has 7 nitrogen and oxygen atoms in total. The summed E-state index contributed by atoms with van der Waals surface area (Å²) >= 11 is 0. The normalized spacial score (nSPS) is 11.0. The molecule has 3 N–H and O–H groups in total. The molecule has 0 spiro atoms. The molecule has 0 aliphatic carbocycles. The van der Waals surface area contributed by atoms with E-state index in [0.29, 0.717) is 18.6 Å². The number of hydrogen-bond acceptors (Lipinski definition) is 5. The van der Waals surface area contributed by atoms with Crippen LogP contribution < -0.4 is 15.8 Å². The number of rotatable bonds is 6. The van der Waals surface area contributed by atoms with Gasteiger partial charge in [0.25, 0.3) is 5.69 Å². The maximum absolute atomic E-state index is 12.1. The lowest BCUT2D eigenvalue weighted by atomic mass is 9.93. The van der Waals surface area contributed by atoms with E-state index < -0.39 is 16.4 Å². The van der Waals surface area contributed by atoms with Crippen LogP contribution in [0.1, 0.15) is 26.7 Å². The van der Waals surface area contributed by atoms with Crippen LogP contribution in [0.25, 0.3) is 0 Å². The Kier molecular flexibility index (Phi) is 5.04. The maximum atomic E-state index is 12.1. The number of benzene rings is 1. The van der Waals surface area contributed by atoms with Crippen LogP contribution in [-0.2, 0) is 4.79 Å². The van der Waals surface area contributed by atoms with Crippen molar-refractivity contribution in [2.24, 2.45) is 5.73 Å². The number of ether oxygens (including phenoxy) is 1. The summed E-state index contributed by atoms with van der Waals surface area (Å²) in [5, 5.41) is 13.6. The van der Waals surface area contributed by atoms with Gasteiger partial charge in [-0.15, -0.1) is 0 Å². The average Bonchev–Trinajstić information content (AvgIpc) is 2.46. The van der Waals surface area contributed by atoms with Crippen molar-refractivity contribution in [3.8, 4) is 5.75 Å². The molecule has 0 bridgehead atoms. The van der Waals surface area contributed by atoms with Crippen LogP contribution in [0.4, 0.5) is 11.4 Å². The minimum Gasteiger partial charge on any atom is -0.496 e. The van der Waals surface area contributed by atoms with Gasteiger partial charge >= 0.3 is 0 Å². The summed E-state index contributed by atoms with van der Waals surface area (Å²) < 4.78 is 4.93. The minimum atomic E-state index is -1.03. The molecule has 0 heterocycles. The topological polar surface area (TPSA) is 107 Å². The van der Waals surface area contributed by atoms with Crippen molar-refractivity contribution >= 4 is 17.3 Å². The van der Waals surface area contributed by atoms with Gasteiger partial charge < -0.3 is 15.8 Å². The van der Waals surface area contributed by atoms with Gasteiger partial charge in [0.05, 0.1) is 23.6 Å². The van der Waals surface area contributed by atoms with Gasteiger partial charge in [-0.3, -0.25) is 14.9 Å². The van der Waals surface area contributed by atoms with E-state index in [1.165, 1.54) is 19.2 Å². The van der Waals surface area contributed by atoms with E-state index in [0.717, 1.165) is 0 Å². The maximum Gasteiger partial charge on any atom is 0.296 e. The van der Waals surface area contributed by atoms with Crippen molar-refractivity contribution in [1.29, 1.82) is 0 Å². The number of hydrogen-bond donors (Lipinski definition) is 2. The number of nitro benzene ring substituents is 1. The van der Waals surface area contributed by atoms with Crippen LogP contribution in [0.3, 0.4) is 0 Å². The number of anilines is 1. The van der Waals surface area contributed by atoms with Gasteiger partial charge in [-0.05, 0) is 25.0 Å². The first-order valence-corrected chi connectivity index (χ1v) is 6.30. The Hall–Kier alpha value is -2.15. The highest BCUT2D eigenvalue weighted by molar-refractivity contribution is 5.99. The SMILES string of the molecule is CCC(N)(CC)C(=O)Nc1ccc(OC)cc1[N+](=O)[O-]. The molecule has 0 saturated heterocycles. The molecule has 1 aromatic carbocycles. The number of carbonyl (C=O) groups excluding carboxylic acids is 1. The molecule has 0 unspecified atom stereocenters. The lowest BCUT2D eigenvalue weighted by Crippen LogP contribution is -2.50. The highest BCUT2D eigenvalue weighted by Gasteiger charge is 2.31. The highest BCUT2D eigenvalue weighted by Crippen LogP contribution is 2.29. The first kappa shape index (κ1) is 15.9. The van der Waals surface area contributed by atoms with Crippen LogP contribution in [-0.4, -0.2) is 23.5 Å². The van der Waals surface area contributed by atoms with E-state index in [1.54, 1.807) is 19.9 Å². The van der Waals surface area contributed by atoms with Crippen molar-refractivity contribution in [3.05, 3.63) is 28.3 Å². The molecule has 0 radical (unpaired) electrons. The van der Waals surface area contributed by atoms with Gasteiger partial charge in [-0.2, -0.15) is 0 Å². The molecule has 1 rings (SSSR count). The third kappa shape index (κ3) is 3.24. The Bertz CT molecular complexity index is 512. The van der Waals surface area contributed by atoms with Gasteiger partial charge in [0.15, 0.2) is 0 Å². The van der Waals surface area contributed by atoms with Gasteiger partial charge in [0, 0.05) is 0 Å². The van der Waals surface area contributed by atoms with E-state index >= 15 is 0 Å². The monoisotopic (exact) mass is 281 g/mol. The smallest absolute Gasteiger partial charge is 0.296 e. The molecule has 0 aromatic heterocycles. The standard InChI is InChI=1S/C13H19N3O4/c1-4-13(14,5-2)12(17)15-10-7-6-9(20-3)8-11(10)16(18)19/h6-8H,4-5,14H2,1-3H3,(H,15,17). The zero-order valence-electron chi connectivity index (χ0n) is 11.8. The summed E-state index contributed by atoms with van der Waals surface area (Å²) in [5.41, 5.74) is 4.81. The number of amides is 1. The Morgan fingerprint density at radius 3 is 2.50 bits per heavy atom. The zero-order chi connectivity index (χ0) is 15.3. The highest BCUT2D eigenvalue weighted by atomic mass is 16.6. The summed E-state index contributed by atoms with van der Waals surface area (Å²) in [7, 11) is 1.41. The van der Waals surface area contributed by atoms with E-state index in [1.807, 2.05) is 0 Å². The van der Waals surface area contributed by atoms with Crippen molar-refractivity contribution < 1.29 is 14.5 Å². The van der Waals surface area contributed by atoms with Crippen molar-refractivity contribution in [2.45, 2.75) is 32.2 Å². The summed E-state index contributed by atoms with van der Waals surface area (Å²) in [4.78, 5) is 22.6. The van der Waals surface area contributed by atoms with Crippen LogP contribution in [0, 0.1) is 10.1 Å². The van der Waals surface area contributed by atoms with E-state index in [9.17, 15) is 14.9 Å². The summed E-state index contributed by atoms with van der Waals surface area (Å²) in [6.07, 6.45) is 0.887. The first-order chi connectivity index (χ1) is 9.37. The Morgan fingerprint density at radius 2 is 2.05 bits per heavy atom. The molecule has 1 amide bonds. The Morgan fingerprint density at radius 1 is 1.45 bits per heavy atom. The minimum absolute atomic E-state index is 0.109. The number of nitrogens with one attached hydrogen (secondary N) is 1. The predicted molar refractivity (Wildman–Crippen MR) is 75.8 cm³/mol. The molecule has 7 heteroatoms. The fraction of sp³-hybridized carbons (Fsp3) is 0.462. The molecule has 110 valence electrons. The Balaban J connectivity index is 3.09. The second-order valence-electron chi connectivity index (χ2n) is 4.46. The molecule has 0 saturated carbocycles. The quantitative estimate of drug-likeness (QED) is 0.613. The van der Waals surface area contributed by atoms with Crippen LogP contribution in [0.15, 0.2) is 18.2 Å². The zero-order valence-corrected chi connectivity index (χ0v) is 11.8. The van der Waals surface area contributed by atoms with Crippen LogP contribution in [0.5, 0.6) is 5.75 Å². The van der Waals surface area contributed by atoms with Gasteiger partial charge in [-0.1, -0.05) is 13.8 Å². The summed E-state index contributed by atoms with van der Waals surface area (Å²) in [6.45, 7) is 3.59. The number of methoxy groups -OCH3 is 1. The molecule has 0 aliphatic heterocycles. The largest absolute Gasteiger partial charge is 0.496 e. The van der Waals surface area contributed by atoms with Crippen molar-refractivity contribution in [2.75, 3.05) is 12.4 Å². The third-order valence-electron chi connectivity index (χ3n) is 3.36. The first-order valence-electron chi connectivity index (χ1n) is 6.30. The summed E-state index contributed by atoms with van der Waals surface area (Å²) in [5.74, 6) is -0.0875. The number of nitrogens with two attached hydrogens (primary N) is 1. The van der Waals surface area contributed by atoms with E-state index in [-0.39, 0.29) is 11.4 Å². The second-order valence-corrected chi connectivity index (χ2v) is 4.46. The number of carbonyl (C=O) groups is 1. The molecule has 0 aliphatic rings. The fourth-order valence-electron chi connectivity index (χ4n) is 1.71. The number of nitrogens with zero attached hydrogens (tertiary/aromatic N) is 1. The van der Waals surface area contributed by atoms with Gasteiger partial charge in [0.2, 0.25) is 5.91 Å². The fourth-order valence-corrected chi connectivity index (χ4v) is 1.71. The predicted octanol–water partition coefficient (Wildman–Crippen LogP) is 2.06. The van der Waals surface area contributed by atoms with Crippen molar-refractivity contribution in [3.63, 3.8) is 0 Å². The summed E-state index contributed by atoms with van der Waals surface area (Å²) in [6, 6.07) is 4.23. The second kappa shape index (κ2) is 6.33. The van der Waals surface area contributed by atoms with E-state index in [4.69, 9.17) is 10.5 Å². The Labute approximate surface area is 117 Å². The number of nitro groups is 1. The van der Waals surface area contributed by atoms with Crippen LogP contribution in [0.2, 0.25) is 0 Å². The van der Waals surface area contributed by atoms with E-state index in [2.05, 4.69) is 5.32 Å². The molecule has 20 heavy (non-hydrogen) atoms. The average molecular weight is 281 g/mol. The molecular formula is C13H19N3O4. The molecule has 0 atom stereocenters. The molecular weight excluding hydrogens is 262 g/mol. The lowest BCUT2D eigenvalue weighted by Gasteiger charge is -2.25. The third-order valence-corrected chi connectivity index (χ3v) is 3.36.